The summed E-state index contributed by atoms with van der Waals surface area (Å²) < 4.78 is 11.1. The van der Waals surface area contributed by atoms with Gasteiger partial charge in [0.2, 0.25) is 6.79 Å². The molecule has 2 bridgehead atoms. The van der Waals surface area contributed by atoms with Crippen molar-refractivity contribution in [2.45, 2.75) is 50.7 Å². The molecule has 4 heteroatoms. The molecule has 0 radical (unpaired) electrons. The van der Waals surface area contributed by atoms with Gasteiger partial charge in [-0.2, -0.15) is 0 Å². The van der Waals surface area contributed by atoms with Gasteiger partial charge in [0.1, 0.15) is 0 Å². The highest BCUT2D eigenvalue weighted by molar-refractivity contribution is 5.46. The summed E-state index contributed by atoms with van der Waals surface area (Å²) in [5.41, 5.74) is 1.43. The number of hydrogen-bond acceptors (Lipinski definition) is 4. The minimum atomic E-state index is 0.363. The molecule has 124 valence electrons. The Balaban J connectivity index is 1.52. The van der Waals surface area contributed by atoms with Crippen LogP contribution in [0.2, 0.25) is 0 Å². The van der Waals surface area contributed by atoms with E-state index in [1.807, 2.05) is 0 Å². The minimum absolute atomic E-state index is 0.363. The lowest BCUT2D eigenvalue weighted by atomic mass is 9.75. The van der Waals surface area contributed by atoms with Crippen molar-refractivity contribution in [2.75, 3.05) is 26.4 Å². The van der Waals surface area contributed by atoms with Crippen molar-refractivity contribution >= 4 is 0 Å². The molecule has 6 rings (SSSR count). The number of hydrogen-bond donors (Lipinski definition) is 0. The largest absolute Gasteiger partial charge is 0.454 e. The summed E-state index contributed by atoms with van der Waals surface area (Å²) in [6.07, 6.45) is 2.77. The highest BCUT2D eigenvalue weighted by atomic mass is 16.7. The zero-order chi connectivity index (χ0) is 15.6. The molecule has 1 aromatic rings. The molecule has 0 spiro atoms. The Morgan fingerprint density at radius 3 is 2.61 bits per heavy atom. The van der Waals surface area contributed by atoms with Crippen LogP contribution in [-0.2, 0) is 0 Å². The molecule has 4 nitrogen and oxygen atoms in total. The molecule has 0 aliphatic carbocycles. The number of piperidine rings is 3. The van der Waals surface area contributed by atoms with E-state index in [-0.39, 0.29) is 0 Å². The third-order valence-corrected chi connectivity index (χ3v) is 6.52. The van der Waals surface area contributed by atoms with Gasteiger partial charge in [-0.05, 0) is 63.4 Å². The Labute approximate surface area is 138 Å². The first-order valence-electron chi connectivity index (χ1n) is 9.12. The second kappa shape index (κ2) is 5.12. The first-order chi connectivity index (χ1) is 11.2. The fraction of sp³-hybridized carbons (Fsp3) is 0.684. The number of rotatable bonds is 2. The molecule has 0 unspecified atom stereocenters. The van der Waals surface area contributed by atoms with Crippen LogP contribution in [0.3, 0.4) is 0 Å². The molecule has 5 heterocycles. The van der Waals surface area contributed by atoms with Gasteiger partial charge in [-0.3, -0.25) is 9.80 Å². The highest BCUT2D eigenvalue weighted by Crippen LogP contribution is 2.48. The van der Waals surface area contributed by atoms with Gasteiger partial charge in [0.15, 0.2) is 11.5 Å². The Morgan fingerprint density at radius 2 is 1.83 bits per heavy atom. The molecular weight excluding hydrogens is 288 g/mol. The van der Waals surface area contributed by atoms with Crippen LogP contribution in [0.4, 0.5) is 0 Å². The first-order valence-corrected chi connectivity index (χ1v) is 9.12. The average Bonchev–Trinajstić information content (AvgIpc) is 3.20. The maximum absolute atomic E-state index is 5.62. The Hall–Kier alpha value is -1.26. The third-order valence-electron chi connectivity index (χ3n) is 6.52. The molecule has 0 saturated carbocycles. The smallest absolute Gasteiger partial charge is 0.231 e. The van der Waals surface area contributed by atoms with E-state index in [9.17, 15) is 0 Å². The fourth-order valence-electron chi connectivity index (χ4n) is 5.47. The van der Waals surface area contributed by atoms with E-state index < -0.39 is 0 Å². The Bertz CT molecular complexity index is 609. The zero-order valence-electron chi connectivity index (χ0n) is 14.1. The van der Waals surface area contributed by atoms with Gasteiger partial charge in [-0.25, -0.2) is 0 Å². The predicted molar refractivity (Wildman–Crippen MR) is 89.0 cm³/mol. The summed E-state index contributed by atoms with van der Waals surface area (Å²) in [6.45, 7) is 8.84. The summed E-state index contributed by atoms with van der Waals surface area (Å²) in [5, 5.41) is 0. The molecule has 1 aromatic carbocycles. The molecule has 3 atom stereocenters. The Kier molecular flexibility index (Phi) is 3.14. The van der Waals surface area contributed by atoms with Crippen molar-refractivity contribution in [3.8, 4) is 11.5 Å². The van der Waals surface area contributed by atoms with Crippen LogP contribution in [0.5, 0.6) is 11.5 Å². The molecule has 4 fully saturated rings. The minimum Gasteiger partial charge on any atom is -0.454 e. The first kappa shape index (κ1) is 14.1. The standard InChI is InChI=1S/C19H26N2O2/c1-12(2)21-10-15(14-3-4-16-17(9-14)23-11-22-16)19-18(21)13-5-7-20(19)8-6-13/h3-4,9,12-13,15,18-19H,5-8,10-11H2,1-2H3/t15-,18+,19+/m0/s1. The van der Waals surface area contributed by atoms with Gasteiger partial charge < -0.3 is 9.47 Å². The van der Waals surface area contributed by atoms with E-state index in [1.54, 1.807) is 0 Å². The molecule has 0 amide bonds. The molecule has 23 heavy (non-hydrogen) atoms. The van der Waals surface area contributed by atoms with E-state index >= 15 is 0 Å². The summed E-state index contributed by atoms with van der Waals surface area (Å²) in [6, 6.07) is 8.65. The van der Waals surface area contributed by atoms with E-state index in [0.717, 1.165) is 23.5 Å². The van der Waals surface area contributed by atoms with E-state index in [1.165, 1.54) is 38.0 Å². The van der Waals surface area contributed by atoms with Crippen molar-refractivity contribution in [1.82, 2.24) is 9.80 Å². The van der Waals surface area contributed by atoms with Crippen LogP contribution in [0.25, 0.3) is 0 Å². The molecule has 4 saturated heterocycles. The van der Waals surface area contributed by atoms with E-state index in [0.29, 0.717) is 24.8 Å². The van der Waals surface area contributed by atoms with Gasteiger partial charge in [0, 0.05) is 30.6 Å². The molecule has 5 aliphatic heterocycles. The van der Waals surface area contributed by atoms with Crippen LogP contribution in [0.15, 0.2) is 18.2 Å². The maximum Gasteiger partial charge on any atom is 0.231 e. The van der Waals surface area contributed by atoms with Crippen molar-refractivity contribution in [1.29, 1.82) is 0 Å². The molecular formula is C19H26N2O2. The van der Waals surface area contributed by atoms with Crippen molar-refractivity contribution < 1.29 is 9.47 Å². The van der Waals surface area contributed by atoms with Crippen LogP contribution in [0, 0.1) is 5.92 Å². The van der Waals surface area contributed by atoms with Crippen LogP contribution in [-0.4, -0.2) is 54.4 Å². The van der Waals surface area contributed by atoms with E-state index in [4.69, 9.17) is 9.47 Å². The molecule has 5 aliphatic rings. The van der Waals surface area contributed by atoms with Gasteiger partial charge in [0.05, 0.1) is 0 Å². The van der Waals surface area contributed by atoms with Gasteiger partial charge in [-0.1, -0.05) is 6.07 Å². The Morgan fingerprint density at radius 1 is 1.04 bits per heavy atom. The van der Waals surface area contributed by atoms with Gasteiger partial charge in [-0.15, -0.1) is 0 Å². The zero-order valence-corrected chi connectivity index (χ0v) is 14.1. The summed E-state index contributed by atoms with van der Waals surface area (Å²) >= 11 is 0. The van der Waals surface area contributed by atoms with Crippen LogP contribution >= 0.6 is 0 Å². The second-order valence-electron chi connectivity index (χ2n) is 7.86. The van der Waals surface area contributed by atoms with Crippen molar-refractivity contribution in [3.05, 3.63) is 23.8 Å². The normalized spacial score (nSPS) is 38.3. The van der Waals surface area contributed by atoms with E-state index in [2.05, 4.69) is 41.8 Å². The molecule has 0 aromatic heterocycles. The number of benzene rings is 1. The fourth-order valence-corrected chi connectivity index (χ4v) is 5.47. The lowest BCUT2D eigenvalue weighted by molar-refractivity contribution is -0.0145. The molecule has 0 N–H and O–H groups in total. The predicted octanol–water partition coefficient (Wildman–Crippen LogP) is 2.69. The number of nitrogens with zero attached hydrogens (tertiary/aromatic N) is 2. The SMILES string of the molecule is CC(C)N1C[C@@H](c2ccc3c(c2)OCO3)[C@@H]2[C@H]1C1CCN2CC1. The summed E-state index contributed by atoms with van der Waals surface area (Å²) in [7, 11) is 0. The lowest BCUT2D eigenvalue weighted by Crippen LogP contribution is -2.60. The van der Waals surface area contributed by atoms with Crippen LogP contribution < -0.4 is 9.47 Å². The van der Waals surface area contributed by atoms with Gasteiger partial charge in [0.25, 0.3) is 0 Å². The summed E-state index contributed by atoms with van der Waals surface area (Å²) in [5.74, 6) is 3.32. The number of fused-ring (bicyclic) bond motifs is 3. The van der Waals surface area contributed by atoms with Crippen LogP contribution in [0.1, 0.15) is 38.2 Å². The maximum atomic E-state index is 5.62. The van der Waals surface area contributed by atoms with Gasteiger partial charge >= 0.3 is 0 Å². The number of likely N-dealkylation sites (tertiary alicyclic amines) is 1. The van der Waals surface area contributed by atoms with Crippen molar-refractivity contribution in [3.63, 3.8) is 0 Å². The quantitative estimate of drug-likeness (QED) is 0.838. The monoisotopic (exact) mass is 314 g/mol. The lowest BCUT2D eigenvalue weighted by Gasteiger charge is -2.52. The topological polar surface area (TPSA) is 24.9 Å². The summed E-state index contributed by atoms with van der Waals surface area (Å²) in [4.78, 5) is 5.54. The second-order valence-corrected chi connectivity index (χ2v) is 7.86. The number of ether oxygens (including phenoxy) is 2. The average molecular weight is 314 g/mol. The third kappa shape index (κ3) is 2.04. The van der Waals surface area contributed by atoms with Crippen molar-refractivity contribution in [2.24, 2.45) is 5.92 Å². The highest BCUT2D eigenvalue weighted by Gasteiger charge is 2.53.